The molecule has 0 amide bonds. The molecule has 7 aromatic rings. The van der Waals surface area contributed by atoms with E-state index in [-0.39, 0.29) is 0 Å². The van der Waals surface area contributed by atoms with Crippen molar-refractivity contribution in [2.24, 2.45) is 0 Å². The van der Waals surface area contributed by atoms with Crippen LogP contribution in [0.1, 0.15) is 0 Å². The van der Waals surface area contributed by atoms with Gasteiger partial charge in [0.05, 0.1) is 11.0 Å². The molecule has 3 heteroatoms. The van der Waals surface area contributed by atoms with Crippen LogP contribution in [0.3, 0.4) is 0 Å². The fourth-order valence-corrected chi connectivity index (χ4v) is 5.68. The number of nitrogens with zero attached hydrogens (tertiary/aromatic N) is 3. The summed E-state index contributed by atoms with van der Waals surface area (Å²) in [6.45, 7) is 0. The van der Waals surface area contributed by atoms with Crippen molar-refractivity contribution >= 4 is 43.4 Å². The summed E-state index contributed by atoms with van der Waals surface area (Å²) in [7, 11) is 0. The summed E-state index contributed by atoms with van der Waals surface area (Å²) in [4.78, 5) is 9.22. The van der Waals surface area contributed by atoms with Gasteiger partial charge < -0.3 is 0 Å². The summed E-state index contributed by atoms with van der Waals surface area (Å²) >= 11 is 0. The van der Waals surface area contributed by atoms with Crippen LogP contribution in [0.5, 0.6) is 0 Å². The van der Waals surface area contributed by atoms with E-state index in [1.54, 1.807) is 0 Å². The van der Waals surface area contributed by atoms with Crippen LogP contribution in [0.2, 0.25) is 0 Å². The average molecular weight is 419 g/mol. The first-order valence-corrected chi connectivity index (χ1v) is 11.2. The first kappa shape index (κ1) is 17.1. The summed E-state index contributed by atoms with van der Waals surface area (Å²) in [5, 5.41) is 7.63. The van der Waals surface area contributed by atoms with Crippen LogP contribution in [0.4, 0.5) is 0 Å². The SMILES string of the molecule is c1cnc(-n2c3cccc4c3c3c5c(cccc5ccc32)-c2cc3ccccc3cc2-4)nc1. The third-order valence-corrected chi connectivity index (χ3v) is 7.02. The van der Waals surface area contributed by atoms with Gasteiger partial charge in [0.25, 0.3) is 0 Å². The third kappa shape index (κ3) is 2.14. The molecule has 2 heterocycles. The van der Waals surface area contributed by atoms with Crippen molar-refractivity contribution in [2.75, 3.05) is 0 Å². The Morgan fingerprint density at radius 3 is 1.85 bits per heavy atom. The van der Waals surface area contributed by atoms with Gasteiger partial charge in [0.15, 0.2) is 0 Å². The highest BCUT2D eigenvalue weighted by Crippen LogP contribution is 2.50. The van der Waals surface area contributed by atoms with Gasteiger partial charge in [0, 0.05) is 23.2 Å². The quantitative estimate of drug-likeness (QED) is 0.275. The second-order valence-electron chi connectivity index (χ2n) is 8.69. The van der Waals surface area contributed by atoms with Crippen LogP contribution in [0.15, 0.2) is 103 Å². The lowest BCUT2D eigenvalue weighted by Gasteiger charge is -2.14. The fourth-order valence-electron chi connectivity index (χ4n) is 5.68. The van der Waals surface area contributed by atoms with Crippen molar-refractivity contribution in [1.82, 2.24) is 14.5 Å². The van der Waals surface area contributed by atoms with E-state index in [4.69, 9.17) is 0 Å². The molecule has 1 aliphatic rings. The molecule has 0 atom stereocenters. The number of fused-ring (bicyclic) bond motifs is 4. The Labute approximate surface area is 189 Å². The second kappa shape index (κ2) is 6.05. The zero-order valence-corrected chi connectivity index (χ0v) is 17.7. The van der Waals surface area contributed by atoms with Crippen LogP contribution in [-0.2, 0) is 0 Å². The zero-order valence-electron chi connectivity index (χ0n) is 17.7. The molecule has 33 heavy (non-hydrogen) atoms. The minimum absolute atomic E-state index is 0.700. The maximum absolute atomic E-state index is 4.61. The molecule has 0 radical (unpaired) electrons. The molecule has 8 rings (SSSR count). The normalized spacial score (nSPS) is 12.2. The molecule has 0 fully saturated rings. The van der Waals surface area contributed by atoms with Gasteiger partial charge in [-0.3, -0.25) is 4.57 Å². The lowest BCUT2D eigenvalue weighted by molar-refractivity contribution is 0.989. The summed E-state index contributed by atoms with van der Waals surface area (Å²) in [6.07, 6.45) is 3.62. The van der Waals surface area contributed by atoms with Crippen molar-refractivity contribution in [1.29, 1.82) is 0 Å². The molecule has 0 N–H and O–H groups in total. The van der Waals surface area contributed by atoms with Gasteiger partial charge in [-0.25, -0.2) is 9.97 Å². The van der Waals surface area contributed by atoms with Gasteiger partial charge in [-0.1, -0.05) is 60.7 Å². The van der Waals surface area contributed by atoms with Gasteiger partial charge in [-0.15, -0.1) is 0 Å². The molecule has 0 saturated carbocycles. The molecule has 0 aliphatic heterocycles. The van der Waals surface area contributed by atoms with Crippen molar-refractivity contribution in [3.8, 4) is 28.2 Å². The Bertz CT molecular complexity index is 1910. The van der Waals surface area contributed by atoms with Gasteiger partial charge >= 0.3 is 0 Å². The van der Waals surface area contributed by atoms with E-state index in [2.05, 4.69) is 99.5 Å². The number of benzene rings is 5. The van der Waals surface area contributed by atoms with E-state index in [1.807, 2.05) is 18.5 Å². The van der Waals surface area contributed by atoms with Gasteiger partial charge in [-0.05, 0) is 74.1 Å². The Balaban J connectivity index is 1.69. The molecular weight excluding hydrogens is 402 g/mol. The summed E-state index contributed by atoms with van der Waals surface area (Å²) in [5.74, 6) is 0.700. The second-order valence-corrected chi connectivity index (χ2v) is 8.69. The molecule has 5 aromatic carbocycles. The molecule has 1 aliphatic carbocycles. The zero-order chi connectivity index (χ0) is 21.5. The first-order valence-electron chi connectivity index (χ1n) is 11.2. The fraction of sp³-hybridized carbons (Fsp3) is 0. The molecule has 0 bridgehead atoms. The van der Waals surface area contributed by atoms with Gasteiger partial charge in [0.2, 0.25) is 5.95 Å². The van der Waals surface area contributed by atoms with Crippen LogP contribution in [0.25, 0.3) is 71.6 Å². The largest absolute Gasteiger partial charge is 0.278 e. The molecule has 0 unspecified atom stereocenters. The van der Waals surface area contributed by atoms with E-state index in [9.17, 15) is 0 Å². The van der Waals surface area contributed by atoms with Gasteiger partial charge in [0.1, 0.15) is 0 Å². The van der Waals surface area contributed by atoms with Crippen molar-refractivity contribution in [3.63, 3.8) is 0 Å². The minimum atomic E-state index is 0.700. The number of rotatable bonds is 1. The van der Waals surface area contributed by atoms with Crippen molar-refractivity contribution < 1.29 is 0 Å². The molecule has 0 saturated heterocycles. The highest BCUT2D eigenvalue weighted by atomic mass is 15.1. The van der Waals surface area contributed by atoms with Crippen molar-refractivity contribution in [3.05, 3.63) is 103 Å². The summed E-state index contributed by atoms with van der Waals surface area (Å²) in [5.41, 5.74) is 7.38. The molecule has 2 aromatic heterocycles. The van der Waals surface area contributed by atoms with E-state index < -0.39 is 0 Å². The van der Waals surface area contributed by atoms with Crippen LogP contribution >= 0.6 is 0 Å². The highest BCUT2D eigenvalue weighted by Gasteiger charge is 2.25. The monoisotopic (exact) mass is 419 g/mol. The first-order chi connectivity index (χ1) is 16.4. The van der Waals surface area contributed by atoms with Crippen LogP contribution in [0, 0.1) is 0 Å². The number of aromatic nitrogens is 3. The van der Waals surface area contributed by atoms with Crippen molar-refractivity contribution in [2.45, 2.75) is 0 Å². The molecule has 152 valence electrons. The smallest absolute Gasteiger partial charge is 0.234 e. The molecule has 0 spiro atoms. The van der Waals surface area contributed by atoms with E-state index in [0.29, 0.717) is 5.95 Å². The Morgan fingerprint density at radius 1 is 0.455 bits per heavy atom. The number of hydrogen-bond donors (Lipinski definition) is 0. The predicted molar refractivity (Wildman–Crippen MR) is 136 cm³/mol. The summed E-state index contributed by atoms with van der Waals surface area (Å²) in [6, 6.07) is 32.9. The third-order valence-electron chi connectivity index (χ3n) is 7.02. The standard InChI is InChI=1S/C30H17N3/c1-2-7-20-17-24-22-10-4-11-25-28(22)29-26(33(25)30-31-14-5-15-32-30)13-12-18-8-3-9-21(27(18)29)23(24)16-19(20)6-1/h1-17H. The topological polar surface area (TPSA) is 30.7 Å². The maximum atomic E-state index is 4.61. The van der Waals surface area contributed by atoms with E-state index in [1.165, 1.54) is 54.6 Å². The van der Waals surface area contributed by atoms with E-state index >= 15 is 0 Å². The lowest BCUT2D eigenvalue weighted by Crippen LogP contribution is -2.00. The minimum Gasteiger partial charge on any atom is -0.278 e. The van der Waals surface area contributed by atoms with Crippen LogP contribution < -0.4 is 0 Å². The van der Waals surface area contributed by atoms with Crippen LogP contribution in [-0.4, -0.2) is 14.5 Å². The predicted octanol–water partition coefficient (Wildman–Crippen LogP) is 7.53. The Kier molecular flexibility index (Phi) is 3.14. The maximum Gasteiger partial charge on any atom is 0.234 e. The van der Waals surface area contributed by atoms with E-state index in [0.717, 1.165) is 11.0 Å². The lowest BCUT2D eigenvalue weighted by atomic mass is 9.91. The molecular formula is C30H17N3. The molecule has 3 nitrogen and oxygen atoms in total. The highest BCUT2D eigenvalue weighted by molar-refractivity contribution is 6.30. The Morgan fingerprint density at radius 2 is 1.09 bits per heavy atom. The Hall–Kier alpha value is -4.50. The number of hydrogen-bond acceptors (Lipinski definition) is 2. The van der Waals surface area contributed by atoms with Gasteiger partial charge in [-0.2, -0.15) is 0 Å². The summed E-state index contributed by atoms with van der Waals surface area (Å²) < 4.78 is 2.20. The average Bonchev–Trinajstić information content (AvgIpc) is 3.17.